The van der Waals surface area contributed by atoms with E-state index in [0.717, 1.165) is 19.4 Å². The van der Waals surface area contributed by atoms with E-state index >= 15 is 0 Å². The van der Waals surface area contributed by atoms with Crippen molar-refractivity contribution >= 4 is 18.3 Å². The molecule has 2 heterocycles. The zero-order valence-electron chi connectivity index (χ0n) is 11.6. The summed E-state index contributed by atoms with van der Waals surface area (Å²) in [5, 5.41) is 3.17. The Morgan fingerprint density at radius 1 is 1.35 bits per heavy atom. The standard InChI is InChI=1S/C13H21F3N2O.ClH/c1-12(5-3-6-17-9-12)11(19)18-7-2-4-10(8-18)13(14,15)16;/h10,17H,2-9H2,1H3;1H. The monoisotopic (exact) mass is 314 g/mol. The highest BCUT2D eigenvalue weighted by Crippen LogP contribution is 2.35. The molecule has 3 nitrogen and oxygen atoms in total. The van der Waals surface area contributed by atoms with Crippen LogP contribution in [0.4, 0.5) is 13.2 Å². The minimum absolute atomic E-state index is 0. The van der Waals surface area contributed by atoms with Gasteiger partial charge in [-0.2, -0.15) is 13.2 Å². The molecular weight excluding hydrogens is 293 g/mol. The fourth-order valence-corrected chi connectivity index (χ4v) is 3.05. The van der Waals surface area contributed by atoms with Gasteiger partial charge in [0.2, 0.25) is 5.91 Å². The summed E-state index contributed by atoms with van der Waals surface area (Å²) >= 11 is 0. The Labute approximate surface area is 123 Å². The van der Waals surface area contributed by atoms with Crippen LogP contribution < -0.4 is 5.32 Å². The molecule has 2 unspecified atom stereocenters. The molecule has 2 rings (SSSR count). The average Bonchev–Trinajstić information content (AvgIpc) is 2.38. The molecule has 0 aliphatic carbocycles. The van der Waals surface area contributed by atoms with Crippen molar-refractivity contribution in [2.75, 3.05) is 26.2 Å². The Balaban J connectivity index is 0.00000200. The average molecular weight is 315 g/mol. The minimum atomic E-state index is -4.19. The molecule has 1 N–H and O–H groups in total. The van der Waals surface area contributed by atoms with Gasteiger partial charge < -0.3 is 10.2 Å². The molecule has 0 aromatic heterocycles. The number of carbonyl (C=O) groups is 1. The second-order valence-corrected chi connectivity index (χ2v) is 5.97. The quantitative estimate of drug-likeness (QED) is 0.807. The van der Waals surface area contributed by atoms with Crippen molar-refractivity contribution in [1.29, 1.82) is 0 Å². The van der Waals surface area contributed by atoms with Gasteiger partial charge in [-0.3, -0.25) is 4.79 Å². The molecule has 2 fully saturated rings. The van der Waals surface area contributed by atoms with Gasteiger partial charge in [-0.1, -0.05) is 0 Å². The van der Waals surface area contributed by atoms with Crippen molar-refractivity contribution in [3.63, 3.8) is 0 Å². The van der Waals surface area contributed by atoms with Gasteiger partial charge in [0, 0.05) is 19.6 Å². The van der Waals surface area contributed by atoms with Crippen LogP contribution >= 0.6 is 12.4 Å². The molecule has 1 amide bonds. The van der Waals surface area contributed by atoms with E-state index in [-0.39, 0.29) is 31.3 Å². The largest absolute Gasteiger partial charge is 0.393 e. The van der Waals surface area contributed by atoms with Gasteiger partial charge in [0.1, 0.15) is 0 Å². The zero-order valence-corrected chi connectivity index (χ0v) is 12.4. The molecule has 2 atom stereocenters. The lowest BCUT2D eigenvalue weighted by atomic mass is 9.80. The smallest absolute Gasteiger partial charge is 0.342 e. The molecule has 0 spiro atoms. The minimum Gasteiger partial charge on any atom is -0.342 e. The Hall–Kier alpha value is -0.490. The van der Waals surface area contributed by atoms with E-state index in [1.54, 1.807) is 0 Å². The summed E-state index contributed by atoms with van der Waals surface area (Å²) in [6.45, 7) is 3.60. The third-order valence-electron chi connectivity index (χ3n) is 4.29. The molecule has 0 bridgehead atoms. The summed E-state index contributed by atoms with van der Waals surface area (Å²) < 4.78 is 38.3. The topological polar surface area (TPSA) is 32.3 Å². The van der Waals surface area contributed by atoms with E-state index in [0.29, 0.717) is 19.5 Å². The first-order valence-electron chi connectivity index (χ1n) is 6.90. The highest BCUT2D eigenvalue weighted by Gasteiger charge is 2.45. The van der Waals surface area contributed by atoms with Gasteiger partial charge in [0.05, 0.1) is 11.3 Å². The highest BCUT2D eigenvalue weighted by atomic mass is 35.5. The summed E-state index contributed by atoms with van der Waals surface area (Å²) in [7, 11) is 0. The number of nitrogens with zero attached hydrogens (tertiary/aromatic N) is 1. The van der Waals surface area contributed by atoms with Gasteiger partial charge in [0.15, 0.2) is 0 Å². The molecule has 2 aliphatic rings. The molecular formula is C13H22ClF3N2O. The lowest BCUT2D eigenvalue weighted by Crippen LogP contribution is -2.53. The van der Waals surface area contributed by atoms with Crippen LogP contribution in [0.25, 0.3) is 0 Å². The summed E-state index contributed by atoms with van der Waals surface area (Å²) in [6, 6.07) is 0. The molecule has 0 saturated carbocycles. The van der Waals surface area contributed by atoms with Crippen LogP contribution in [0.2, 0.25) is 0 Å². The van der Waals surface area contributed by atoms with Crippen molar-refractivity contribution in [1.82, 2.24) is 10.2 Å². The van der Waals surface area contributed by atoms with Gasteiger partial charge >= 0.3 is 6.18 Å². The van der Waals surface area contributed by atoms with Crippen molar-refractivity contribution in [2.24, 2.45) is 11.3 Å². The molecule has 2 aliphatic heterocycles. The van der Waals surface area contributed by atoms with Crippen LogP contribution in [-0.4, -0.2) is 43.2 Å². The van der Waals surface area contributed by atoms with E-state index in [1.165, 1.54) is 4.90 Å². The van der Waals surface area contributed by atoms with E-state index in [9.17, 15) is 18.0 Å². The Kier molecular flexibility index (Phi) is 5.72. The number of likely N-dealkylation sites (tertiary alicyclic amines) is 1. The molecule has 118 valence electrons. The van der Waals surface area contributed by atoms with Crippen LogP contribution in [0.5, 0.6) is 0 Å². The number of piperidine rings is 2. The van der Waals surface area contributed by atoms with Crippen molar-refractivity contribution < 1.29 is 18.0 Å². The predicted molar refractivity (Wildman–Crippen MR) is 72.8 cm³/mol. The first-order chi connectivity index (χ1) is 8.83. The Bertz CT molecular complexity index is 343. The number of hydrogen-bond acceptors (Lipinski definition) is 2. The summed E-state index contributed by atoms with van der Waals surface area (Å²) in [5.74, 6) is -1.47. The number of hydrogen-bond donors (Lipinski definition) is 1. The first-order valence-corrected chi connectivity index (χ1v) is 6.90. The molecule has 20 heavy (non-hydrogen) atoms. The van der Waals surface area contributed by atoms with E-state index < -0.39 is 17.5 Å². The van der Waals surface area contributed by atoms with Crippen LogP contribution in [-0.2, 0) is 4.79 Å². The summed E-state index contributed by atoms with van der Waals surface area (Å²) in [4.78, 5) is 13.9. The maximum absolute atomic E-state index is 12.8. The number of carbonyl (C=O) groups excluding carboxylic acids is 1. The van der Waals surface area contributed by atoms with Crippen LogP contribution in [0, 0.1) is 11.3 Å². The fourth-order valence-electron chi connectivity index (χ4n) is 3.05. The van der Waals surface area contributed by atoms with Gasteiger partial charge in [-0.05, 0) is 39.2 Å². The van der Waals surface area contributed by atoms with Crippen molar-refractivity contribution in [2.45, 2.75) is 38.8 Å². The van der Waals surface area contributed by atoms with Crippen LogP contribution in [0.1, 0.15) is 32.6 Å². The van der Waals surface area contributed by atoms with Gasteiger partial charge in [-0.25, -0.2) is 0 Å². The third-order valence-corrected chi connectivity index (χ3v) is 4.29. The van der Waals surface area contributed by atoms with E-state index in [1.807, 2.05) is 6.92 Å². The Morgan fingerprint density at radius 2 is 2.05 bits per heavy atom. The fraction of sp³-hybridized carbons (Fsp3) is 0.923. The zero-order chi connectivity index (χ0) is 14.1. The third kappa shape index (κ3) is 3.79. The number of rotatable bonds is 1. The molecule has 0 radical (unpaired) electrons. The van der Waals surface area contributed by atoms with Gasteiger partial charge in [-0.15, -0.1) is 12.4 Å². The molecule has 2 saturated heterocycles. The maximum Gasteiger partial charge on any atom is 0.393 e. The normalized spacial score (nSPS) is 31.6. The highest BCUT2D eigenvalue weighted by molar-refractivity contribution is 5.85. The Morgan fingerprint density at radius 3 is 2.60 bits per heavy atom. The lowest BCUT2D eigenvalue weighted by Gasteiger charge is -2.41. The number of nitrogens with one attached hydrogen (secondary N) is 1. The second-order valence-electron chi connectivity index (χ2n) is 5.97. The number of alkyl halides is 3. The number of halogens is 4. The first kappa shape index (κ1) is 17.6. The summed E-state index contributed by atoms with van der Waals surface area (Å²) in [6.07, 6.45) is -1.95. The van der Waals surface area contributed by atoms with E-state index in [2.05, 4.69) is 5.32 Å². The van der Waals surface area contributed by atoms with Gasteiger partial charge in [0.25, 0.3) is 0 Å². The lowest BCUT2D eigenvalue weighted by molar-refractivity contribution is -0.189. The van der Waals surface area contributed by atoms with Crippen LogP contribution in [0.15, 0.2) is 0 Å². The van der Waals surface area contributed by atoms with Crippen molar-refractivity contribution in [3.8, 4) is 0 Å². The van der Waals surface area contributed by atoms with Crippen molar-refractivity contribution in [3.05, 3.63) is 0 Å². The van der Waals surface area contributed by atoms with Crippen LogP contribution in [0.3, 0.4) is 0 Å². The SMILES string of the molecule is CC1(C(=O)N2CCCC(C(F)(F)F)C2)CCCNC1.Cl. The molecule has 7 heteroatoms. The van der Waals surface area contributed by atoms with E-state index in [4.69, 9.17) is 0 Å². The summed E-state index contributed by atoms with van der Waals surface area (Å²) in [5.41, 5.74) is -0.536. The number of amides is 1. The molecule has 0 aromatic carbocycles. The molecule has 0 aromatic rings. The predicted octanol–water partition coefficient (Wildman–Crippen LogP) is 2.60. The maximum atomic E-state index is 12.8. The second kappa shape index (κ2) is 6.52.